The molecule has 0 heterocycles. The fourth-order valence-corrected chi connectivity index (χ4v) is 2.46. The molecule has 0 amide bonds. The van der Waals surface area contributed by atoms with Crippen molar-refractivity contribution in [1.29, 1.82) is 0 Å². The van der Waals surface area contributed by atoms with Crippen LogP contribution in [0.2, 0.25) is 0 Å². The molecule has 0 aromatic heterocycles. The summed E-state index contributed by atoms with van der Waals surface area (Å²) in [5.41, 5.74) is -2.48. The van der Waals surface area contributed by atoms with E-state index in [1.807, 2.05) is 0 Å². The van der Waals surface area contributed by atoms with Gasteiger partial charge in [0.1, 0.15) is 5.57 Å². The van der Waals surface area contributed by atoms with Crippen molar-refractivity contribution in [3.05, 3.63) is 12.2 Å². The standard InChI is InChI=1S/C16H18F10O8S/c1-3-7-32-11(28)13(15(22,23)24,34-10(27)9(2)14(19,20)21)33-8-5-4-6-12(17,18)16(25,26)35(29,30)31/h2-8H2,1H3,(H,29,30,31). The van der Waals surface area contributed by atoms with Crippen LogP contribution in [-0.4, -0.2) is 67.4 Å². The van der Waals surface area contributed by atoms with Crippen LogP contribution < -0.4 is 0 Å². The summed E-state index contributed by atoms with van der Waals surface area (Å²) in [5, 5.41) is -5.96. The Balaban J connectivity index is 5.74. The SMILES string of the molecule is C=C(C(=O)OC(OCCCCC(F)(F)C(F)(F)S(=O)(=O)O)(C(=O)OCCC)C(F)(F)F)C(F)(F)F. The highest BCUT2D eigenvalue weighted by molar-refractivity contribution is 7.87. The van der Waals surface area contributed by atoms with Gasteiger partial charge in [-0.3, -0.25) is 4.55 Å². The second-order valence-electron chi connectivity index (χ2n) is 6.62. The third kappa shape index (κ3) is 7.92. The first-order valence-electron chi connectivity index (χ1n) is 9.08. The van der Waals surface area contributed by atoms with Gasteiger partial charge in [-0.05, 0) is 19.3 Å². The molecule has 0 rings (SSSR count). The minimum absolute atomic E-state index is 0.111. The van der Waals surface area contributed by atoms with E-state index in [0.29, 0.717) is 0 Å². The van der Waals surface area contributed by atoms with Crippen LogP contribution in [0.3, 0.4) is 0 Å². The molecule has 1 unspecified atom stereocenters. The smallest absolute Gasteiger partial charge is 0.461 e. The number of carbonyl (C=O) groups is 2. The molecule has 0 saturated heterocycles. The predicted molar refractivity (Wildman–Crippen MR) is 92.6 cm³/mol. The molecular weight excluding hydrogens is 542 g/mol. The number of halogens is 10. The van der Waals surface area contributed by atoms with Crippen molar-refractivity contribution in [1.82, 2.24) is 0 Å². The first-order chi connectivity index (χ1) is 15.5. The lowest BCUT2D eigenvalue weighted by molar-refractivity contribution is -0.355. The van der Waals surface area contributed by atoms with Crippen LogP contribution in [0.1, 0.15) is 32.6 Å². The fourth-order valence-electron chi connectivity index (χ4n) is 1.98. The molecule has 206 valence electrons. The zero-order valence-corrected chi connectivity index (χ0v) is 18.3. The molecule has 1 N–H and O–H groups in total. The molecule has 0 aliphatic carbocycles. The van der Waals surface area contributed by atoms with Crippen molar-refractivity contribution < 1.29 is 80.7 Å². The van der Waals surface area contributed by atoms with E-state index < -0.39 is 89.4 Å². The summed E-state index contributed by atoms with van der Waals surface area (Å²) in [5.74, 6) is -15.6. The number of alkyl halides is 10. The summed E-state index contributed by atoms with van der Waals surface area (Å²) in [6.07, 6.45) is -16.1. The summed E-state index contributed by atoms with van der Waals surface area (Å²) in [6, 6.07) is 0. The molecule has 0 spiro atoms. The second kappa shape index (κ2) is 11.3. The minimum Gasteiger partial charge on any atom is -0.461 e. The van der Waals surface area contributed by atoms with Gasteiger partial charge in [-0.25, -0.2) is 9.59 Å². The average molecular weight is 560 g/mol. The van der Waals surface area contributed by atoms with Gasteiger partial charge in [0.05, 0.1) is 13.2 Å². The van der Waals surface area contributed by atoms with Crippen molar-refractivity contribution in [2.45, 2.75) is 61.9 Å². The van der Waals surface area contributed by atoms with Crippen molar-refractivity contribution in [2.24, 2.45) is 0 Å². The molecule has 19 heteroatoms. The maximum atomic E-state index is 13.6. The number of ether oxygens (including phenoxy) is 3. The molecule has 0 saturated carbocycles. The molecule has 0 aliphatic heterocycles. The third-order valence-electron chi connectivity index (χ3n) is 3.84. The van der Waals surface area contributed by atoms with Crippen LogP contribution in [0.4, 0.5) is 43.9 Å². The maximum absolute atomic E-state index is 13.6. The lowest BCUT2D eigenvalue weighted by Crippen LogP contribution is -2.58. The Morgan fingerprint density at radius 1 is 0.914 bits per heavy atom. The topological polar surface area (TPSA) is 116 Å². The van der Waals surface area contributed by atoms with E-state index in [9.17, 15) is 61.9 Å². The summed E-state index contributed by atoms with van der Waals surface area (Å²) in [6.45, 7) is 1.22. The van der Waals surface area contributed by atoms with Gasteiger partial charge >= 0.3 is 51.4 Å². The highest BCUT2D eigenvalue weighted by atomic mass is 32.2. The lowest BCUT2D eigenvalue weighted by atomic mass is 10.1. The van der Waals surface area contributed by atoms with Gasteiger partial charge < -0.3 is 14.2 Å². The summed E-state index contributed by atoms with van der Waals surface area (Å²) in [7, 11) is -6.58. The quantitative estimate of drug-likeness (QED) is 0.0892. The molecule has 0 radical (unpaired) electrons. The van der Waals surface area contributed by atoms with Crippen LogP contribution >= 0.6 is 0 Å². The van der Waals surface area contributed by atoms with Gasteiger partial charge in [0.25, 0.3) is 0 Å². The van der Waals surface area contributed by atoms with Crippen molar-refractivity contribution in [2.75, 3.05) is 13.2 Å². The monoisotopic (exact) mass is 560 g/mol. The van der Waals surface area contributed by atoms with Crippen molar-refractivity contribution in [3.8, 4) is 0 Å². The molecule has 0 aliphatic rings. The van der Waals surface area contributed by atoms with Crippen LogP contribution in [-0.2, 0) is 33.9 Å². The van der Waals surface area contributed by atoms with Gasteiger partial charge in [0.2, 0.25) is 0 Å². The third-order valence-corrected chi connectivity index (χ3v) is 4.79. The molecule has 0 bridgehead atoms. The van der Waals surface area contributed by atoms with E-state index in [0.717, 1.165) is 0 Å². The number of carbonyl (C=O) groups excluding carboxylic acids is 2. The average Bonchev–Trinajstić information content (AvgIpc) is 2.67. The number of rotatable bonds is 13. The van der Waals surface area contributed by atoms with Crippen LogP contribution in [0.5, 0.6) is 0 Å². The number of hydrogen-bond acceptors (Lipinski definition) is 7. The molecule has 0 aromatic rings. The number of esters is 2. The van der Waals surface area contributed by atoms with Crippen LogP contribution in [0.25, 0.3) is 0 Å². The van der Waals surface area contributed by atoms with E-state index in [2.05, 4.69) is 20.8 Å². The summed E-state index contributed by atoms with van der Waals surface area (Å²) < 4.78 is 173. The molecule has 1 atom stereocenters. The van der Waals surface area contributed by atoms with Gasteiger partial charge in [-0.2, -0.15) is 52.3 Å². The molecule has 0 fully saturated rings. The van der Waals surface area contributed by atoms with Crippen LogP contribution in [0, 0.1) is 0 Å². The zero-order valence-electron chi connectivity index (χ0n) is 17.4. The van der Waals surface area contributed by atoms with Crippen molar-refractivity contribution >= 4 is 22.1 Å². The normalized spacial score (nSPS) is 15.3. The van der Waals surface area contributed by atoms with Gasteiger partial charge in [-0.15, -0.1) is 0 Å². The Bertz CT molecular complexity index is 882. The van der Waals surface area contributed by atoms with Gasteiger partial charge in [0.15, 0.2) is 0 Å². The first-order valence-corrected chi connectivity index (χ1v) is 10.5. The Hall–Kier alpha value is -2.15. The maximum Gasteiger partial charge on any atom is 0.468 e. The summed E-state index contributed by atoms with van der Waals surface area (Å²) >= 11 is 0. The predicted octanol–water partition coefficient (Wildman–Crippen LogP) is 4.16. The molecular formula is C16H18F10O8S. The van der Waals surface area contributed by atoms with E-state index in [4.69, 9.17) is 4.55 Å². The first kappa shape index (κ1) is 32.8. The summed E-state index contributed by atoms with van der Waals surface area (Å²) in [4.78, 5) is 23.5. The van der Waals surface area contributed by atoms with E-state index in [-0.39, 0.29) is 6.42 Å². The molecule has 35 heavy (non-hydrogen) atoms. The molecule has 8 nitrogen and oxygen atoms in total. The minimum atomic E-state index is -6.58. The Morgan fingerprint density at radius 3 is 1.83 bits per heavy atom. The van der Waals surface area contributed by atoms with Crippen molar-refractivity contribution in [3.63, 3.8) is 0 Å². The van der Waals surface area contributed by atoms with Crippen LogP contribution in [0.15, 0.2) is 12.2 Å². The lowest BCUT2D eigenvalue weighted by Gasteiger charge is -2.32. The zero-order chi connectivity index (χ0) is 28.1. The molecule has 0 aromatic carbocycles. The highest BCUT2D eigenvalue weighted by Gasteiger charge is 2.68. The Labute approximate surface area is 190 Å². The fraction of sp³-hybridized carbons (Fsp3) is 0.750. The largest absolute Gasteiger partial charge is 0.468 e. The van der Waals surface area contributed by atoms with E-state index >= 15 is 0 Å². The van der Waals surface area contributed by atoms with E-state index in [1.165, 1.54) is 6.92 Å². The Kier molecular flexibility index (Phi) is 10.6. The number of hydrogen-bond donors (Lipinski definition) is 1. The van der Waals surface area contributed by atoms with Gasteiger partial charge in [-0.1, -0.05) is 13.5 Å². The van der Waals surface area contributed by atoms with E-state index in [1.54, 1.807) is 0 Å². The highest BCUT2D eigenvalue weighted by Crippen LogP contribution is 2.42. The number of unbranched alkanes of at least 4 members (excludes halogenated alkanes) is 1. The second-order valence-corrected chi connectivity index (χ2v) is 8.08. The Morgan fingerprint density at radius 2 is 1.43 bits per heavy atom. The van der Waals surface area contributed by atoms with Gasteiger partial charge in [0, 0.05) is 6.42 Å².